The average Bonchev–Trinajstić information content (AvgIpc) is 3.32. The van der Waals surface area contributed by atoms with Gasteiger partial charge in [0.05, 0.1) is 17.2 Å². The number of benzene rings is 1. The third-order valence-corrected chi connectivity index (χ3v) is 4.43. The van der Waals surface area contributed by atoms with Crippen LogP contribution < -0.4 is 15.6 Å². The van der Waals surface area contributed by atoms with E-state index >= 15 is 0 Å². The lowest BCUT2D eigenvalue weighted by Crippen LogP contribution is -2.30. The summed E-state index contributed by atoms with van der Waals surface area (Å²) in [4.78, 5) is 29.0. The van der Waals surface area contributed by atoms with E-state index < -0.39 is 0 Å². The van der Waals surface area contributed by atoms with Gasteiger partial charge < -0.3 is 14.5 Å². The Balaban J connectivity index is 1.38. The first-order valence-corrected chi connectivity index (χ1v) is 8.66. The average molecular weight is 353 g/mol. The van der Waals surface area contributed by atoms with E-state index in [-0.39, 0.29) is 18.1 Å². The minimum absolute atomic E-state index is 0.0455. The van der Waals surface area contributed by atoms with Crippen molar-refractivity contribution in [2.45, 2.75) is 25.8 Å². The Morgan fingerprint density at radius 1 is 1.35 bits per heavy atom. The highest BCUT2D eigenvalue weighted by atomic mass is 16.5. The van der Waals surface area contributed by atoms with Crippen molar-refractivity contribution in [2.24, 2.45) is 0 Å². The predicted octanol–water partition coefficient (Wildman–Crippen LogP) is 1.67. The number of hydrogen-bond donors (Lipinski definition) is 1. The Kier molecular flexibility index (Phi) is 4.43. The predicted molar refractivity (Wildman–Crippen MR) is 95.2 cm³/mol. The van der Waals surface area contributed by atoms with Crippen LogP contribution in [0.1, 0.15) is 18.0 Å². The normalized spacial score (nSPS) is 12.9. The molecule has 2 aromatic heterocycles. The fraction of sp³-hybridized carbons (Fsp3) is 0.316. The highest BCUT2D eigenvalue weighted by Crippen LogP contribution is 2.19. The summed E-state index contributed by atoms with van der Waals surface area (Å²) in [7, 11) is 0. The van der Waals surface area contributed by atoms with Crippen LogP contribution in [-0.4, -0.2) is 28.6 Å². The van der Waals surface area contributed by atoms with Gasteiger partial charge in [-0.05, 0) is 36.8 Å². The van der Waals surface area contributed by atoms with Crippen molar-refractivity contribution in [3.8, 4) is 5.75 Å². The van der Waals surface area contributed by atoms with Crippen LogP contribution in [0.15, 0.2) is 45.8 Å². The van der Waals surface area contributed by atoms with Crippen LogP contribution in [0.5, 0.6) is 5.75 Å². The quantitative estimate of drug-likeness (QED) is 0.728. The van der Waals surface area contributed by atoms with Crippen molar-refractivity contribution in [1.29, 1.82) is 0 Å². The third-order valence-electron chi connectivity index (χ3n) is 4.43. The Labute approximate surface area is 149 Å². The van der Waals surface area contributed by atoms with E-state index in [0.717, 1.165) is 24.4 Å². The van der Waals surface area contributed by atoms with Gasteiger partial charge in [0.1, 0.15) is 17.3 Å². The molecule has 1 aliphatic heterocycles. The second-order valence-corrected chi connectivity index (χ2v) is 6.24. The molecule has 134 valence electrons. The third kappa shape index (κ3) is 3.33. The molecule has 0 aliphatic carbocycles. The maximum Gasteiger partial charge on any atom is 0.261 e. The number of rotatable bonds is 6. The Bertz CT molecular complexity index is 992. The lowest BCUT2D eigenvalue weighted by atomic mass is 10.2. The number of carbonyl (C=O) groups excluding carboxylic acids is 1. The summed E-state index contributed by atoms with van der Waals surface area (Å²) >= 11 is 0. The zero-order valence-corrected chi connectivity index (χ0v) is 14.2. The lowest BCUT2D eigenvalue weighted by Gasteiger charge is -2.09. The molecule has 1 N–H and O–H groups in total. The van der Waals surface area contributed by atoms with E-state index in [1.807, 2.05) is 12.1 Å². The molecule has 0 atom stereocenters. The van der Waals surface area contributed by atoms with Crippen LogP contribution in [-0.2, 0) is 24.2 Å². The molecule has 26 heavy (non-hydrogen) atoms. The number of furan rings is 1. The summed E-state index contributed by atoms with van der Waals surface area (Å²) in [6, 6.07) is 8.83. The summed E-state index contributed by atoms with van der Waals surface area (Å²) in [6.07, 6.45) is 4.01. The minimum atomic E-state index is -0.222. The fourth-order valence-electron chi connectivity index (χ4n) is 3.13. The molecule has 3 aromatic rings. The zero-order valence-electron chi connectivity index (χ0n) is 14.2. The molecule has 0 saturated carbocycles. The number of carbonyl (C=O) groups is 1. The molecule has 0 saturated heterocycles. The summed E-state index contributed by atoms with van der Waals surface area (Å²) in [5.41, 5.74) is 0.620. The first-order valence-electron chi connectivity index (χ1n) is 8.66. The number of fused-ring (bicyclic) bond motifs is 2. The summed E-state index contributed by atoms with van der Waals surface area (Å²) < 4.78 is 12.5. The Morgan fingerprint density at radius 2 is 2.27 bits per heavy atom. The Hall–Kier alpha value is -3.09. The van der Waals surface area contributed by atoms with Gasteiger partial charge >= 0.3 is 0 Å². The van der Waals surface area contributed by atoms with Gasteiger partial charge in [0.15, 0.2) is 6.61 Å². The molecule has 7 heteroatoms. The number of amides is 1. The minimum Gasteiger partial charge on any atom is -0.484 e. The molecule has 0 spiro atoms. The number of ether oxygens (including phenoxy) is 1. The van der Waals surface area contributed by atoms with Gasteiger partial charge in [-0.1, -0.05) is 0 Å². The van der Waals surface area contributed by atoms with Gasteiger partial charge in [-0.15, -0.1) is 0 Å². The molecule has 0 fully saturated rings. The van der Waals surface area contributed by atoms with Crippen molar-refractivity contribution in [3.63, 3.8) is 0 Å². The lowest BCUT2D eigenvalue weighted by molar-refractivity contribution is -0.123. The molecule has 0 radical (unpaired) electrons. The molecule has 1 amide bonds. The van der Waals surface area contributed by atoms with Gasteiger partial charge in [-0.25, -0.2) is 4.98 Å². The molecule has 7 nitrogen and oxygen atoms in total. The van der Waals surface area contributed by atoms with Crippen molar-refractivity contribution < 1.29 is 13.9 Å². The van der Waals surface area contributed by atoms with Gasteiger partial charge in [-0.2, -0.15) is 0 Å². The number of nitrogens with one attached hydrogen (secondary N) is 1. The number of aromatic nitrogens is 2. The van der Waals surface area contributed by atoms with E-state index in [9.17, 15) is 9.59 Å². The zero-order chi connectivity index (χ0) is 17.9. The van der Waals surface area contributed by atoms with Crippen molar-refractivity contribution >= 4 is 16.8 Å². The monoisotopic (exact) mass is 353 g/mol. The maximum absolute atomic E-state index is 12.5. The molecular weight excluding hydrogens is 334 g/mol. The van der Waals surface area contributed by atoms with Crippen LogP contribution in [0, 0.1) is 0 Å². The fourth-order valence-corrected chi connectivity index (χ4v) is 3.13. The van der Waals surface area contributed by atoms with Crippen LogP contribution in [0.25, 0.3) is 10.9 Å². The van der Waals surface area contributed by atoms with Gasteiger partial charge in [0.25, 0.3) is 11.5 Å². The smallest absolute Gasteiger partial charge is 0.261 e. The highest BCUT2D eigenvalue weighted by Gasteiger charge is 2.16. The van der Waals surface area contributed by atoms with E-state index in [4.69, 9.17) is 9.15 Å². The molecular formula is C19H19N3O4. The second kappa shape index (κ2) is 7.03. The molecule has 3 heterocycles. The number of hydrogen-bond acceptors (Lipinski definition) is 5. The van der Waals surface area contributed by atoms with Crippen LogP contribution >= 0.6 is 0 Å². The molecule has 0 unspecified atom stereocenters. The van der Waals surface area contributed by atoms with Crippen LogP contribution in [0.4, 0.5) is 0 Å². The molecule has 1 aromatic carbocycles. The van der Waals surface area contributed by atoms with E-state index in [1.165, 1.54) is 0 Å². The molecule has 4 rings (SSSR count). The van der Waals surface area contributed by atoms with Crippen LogP contribution in [0.3, 0.4) is 0 Å². The summed E-state index contributed by atoms with van der Waals surface area (Å²) in [6.45, 7) is 1.08. The molecule has 0 bridgehead atoms. The summed E-state index contributed by atoms with van der Waals surface area (Å²) in [5, 5.41) is 3.29. The van der Waals surface area contributed by atoms with Crippen molar-refractivity contribution in [1.82, 2.24) is 14.9 Å². The SMILES string of the molecule is O=C(COc1ccc2nc3n(c(=O)c2c1)CCC3)NCCc1ccco1. The van der Waals surface area contributed by atoms with E-state index in [1.54, 1.807) is 29.0 Å². The number of aryl methyl sites for hydroxylation is 1. The first-order chi connectivity index (χ1) is 12.7. The standard InChI is InChI=1S/C19H19N3O4/c23-18(20-8-7-13-3-2-10-25-13)12-26-14-5-6-16-15(11-14)19(24)22-9-1-4-17(22)21-16/h2-3,5-6,10-11H,1,4,7-9,12H2,(H,20,23). The highest BCUT2D eigenvalue weighted by molar-refractivity contribution is 5.80. The molecule has 1 aliphatic rings. The van der Waals surface area contributed by atoms with E-state index in [2.05, 4.69) is 10.3 Å². The summed E-state index contributed by atoms with van der Waals surface area (Å²) in [5.74, 6) is 1.92. The maximum atomic E-state index is 12.5. The van der Waals surface area contributed by atoms with Gasteiger partial charge in [0, 0.05) is 25.9 Å². The Morgan fingerprint density at radius 3 is 3.12 bits per heavy atom. The number of nitrogens with zero attached hydrogens (tertiary/aromatic N) is 2. The topological polar surface area (TPSA) is 86.4 Å². The van der Waals surface area contributed by atoms with Gasteiger partial charge in [-0.3, -0.25) is 14.2 Å². The van der Waals surface area contributed by atoms with Crippen molar-refractivity contribution in [2.75, 3.05) is 13.2 Å². The second-order valence-electron chi connectivity index (χ2n) is 6.24. The van der Waals surface area contributed by atoms with Crippen molar-refractivity contribution in [3.05, 3.63) is 58.5 Å². The van der Waals surface area contributed by atoms with Gasteiger partial charge in [0.2, 0.25) is 0 Å². The largest absolute Gasteiger partial charge is 0.484 e. The van der Waals surface area contributed by atoms with Crippen LogP contribution in [0.2, 0.25) is 0 Å². The van der Waals surface area contributed by atoms with E-state index in [0.29, 0.717) is 36.2 Å². The first kappa shape index (κ1) is 16.4.